The zero-order chi connectivity index (χ0) is 12.9. The Bertz CT molecular complexity index is 440. The van der Waals surface area contributed by atoms with Crippen LogP contribution in [0.5, 0.6) is 0 Å². The average molecular weight is 255 g/mol. The summed E-state index contributed by atoms with van der Waals surface area (Å²) in [6.45, 7) is 3.28. The molecule has 1 rings (SSSR count). The van der Waals surface area contributed by atoms with Crippen molar-refractivity contribution in [3.05, 3.63) is 48.6 Å². The van der Waals surface area contributed by atoms with Gasteiger partial charge in [-0.15, -0.1) is 6.58 Å². The van der Waals surface area contributed by atoms with Crippen molar-refractivity contribution in [1.82, 2.24) is 5.32 Å². The van der Waals surface area contributed by atoms with Gasteiger partial charge in [-0.1, -0.05) is 36.4 Å². The summed E-state index contributed by atoms with van der Waals surface area (Å²) < 4.78 is 11.0. The van der Waals surface area contributed by atoms with E-state index in [9.17, 15) is 9.36 Å². The van der Waals surface area contributed by atoms with Crippen LogP contribution in [0.25, 0.3) is 0 Å². The van der Waals surface area contributed by atoms with E-state index in [-0.39, 0.29) is 6.42 Å². The second kappa shape index (κ2) is 5.77. The number of benzene rings is 1. The van der Waals surface area contributed by atoms with Crippen LogP contribution in [0.1, 0.15) is 5.56 Å². The molecule has 5 nitrogen and oxygen atoms in total. The Morgan fingerprint density at radius 2 is 2.00 bits per heavy atom. The van der Waals surface area contributed by atoms with Crippen LogP contribution < -0.4 is 5.32 Å². The number of carbonyl (C=O) groups is 1. The molecule has 1 unspecified atom stereocenters. The van der Waals surface area contributed by atoms with Crippen LogP contribution in [0, 0.1) is 0 Å². The molecule has 1 aromatic rings. The number of hydrogen-bond donors (Lipinski definition) is 3. The Labute approximate surface area is 99.3 Å². The molecule has 0 radical (unpaired) electrons. The summed E-state index contributed by atoms with van der Waals surface area (Å²) >= 11 is 0. The van der Waals surface area contributed by atoms with Crippen LogP contribution in [0.4, 0.5) is 0 Å². The van der Waals surface area contributed by atoms with E-state index < -0.39 is 19.3 Å². The Morgan fingerprint density at radius 1 is 1.41 bits per heavy atom. The van der Waals surface area contributed by atoms with Gasteiger partial charge in [-0.3, -0.25) is 9.36 Å². The molecule has 1 amide bonds. The number of amides is 1. The maximum atomic E-state index is 11.5. The van der Waals surface area contributed by atoms with E-state index in [1.165, 1.54) is 0 Å². The summed E-state index contributed by atoms with van der Waals surface area (Å²) in [4.78, 5) is 29.4. The Kier molecular flexibility index (Phi) is 4.63. The van der Waals surface area contributed by atoms with E-state index in [0.717, 1.165) is 11.6 Å². The molecule has 6 heteroatoms. The van der Waals surface area contributed by atoms with E-state index in [0.29, 0.717) is 0 Å². The van der Waals surface area contributed by atoms with Gasteiger partial charge in [-0.25, -0.2) is 0 Å². The summed E-state index contributed by atoms with van der Waals surface area (Å²) in [6, 6.07) is 8.93. The molecule has 17 heavy (non-hydrogen) atoms. The van der Waals surface area contributed by atoms with Crippen molar-refractivity contribution in [2.24, 2.45) is 0 Å². The molecular weight excluding hydrogens is 241 g/mol. The zero-order valence-corrected chi connectivity index (χ0v) is 10.0. The molecule has 0 fully saturated rings. The predicted molar refractivity (Wildman–Crippen MR) is 64.3 cm³/mol. The first-order valence-corrected chi connectivity index (χ1v) is 6.62. The largest absolute Gasteiger partial charge is 0.351 e. The molecule has 3 N–H and O–H groups in total. The molecule has 0 aliphatic carbocycles. The average Bonchev–Trinajstić information content (AvgIpc) is 2.25. The summed E-state index contributed by atoms with van der Waals surface area (Å²) in [7, 11) is -4.38. The van der Waals surface area contributed by atoms with E-state index in [1.54, 1.807) is 24.3 Å². The smallest absolute Gasteiger partial charge is 0.339 e. The van der Waals surface area contributed by atoms with Gasteiger partial charge in [-0.05, 0) is 5.56 Å². The first-order chi connectivity index (χ1) is 7.93. The third-order valence-corrected chi connectivity index (χ3v) is 3.17. The quantitative estimate of drug-likeness (QED) is 0.542. The van der Waals surface area contributed by atoms with Crippen molar-refractivity contribution in [1.29, 1.82) is 0 Å². The first-order valence-electron chi connectivity index (χ1n) is 4.94. The molecule has 0 saturated carbocycles. The van der Waals surface area contributed by atoms with Crippen molar-refractivity contribution >= 4 is 13.5 Å². The molecule has 92 valence electrons. The minimum atomic E-state index is -4.38. The molecule has 1 atom stereocenters. The van der Waals surface area contributed by atoms with Gasteiger partial charge < -0.3 is 15.1 Å². The van der Waals surface area contributed by atoms with Crippen LogP contribution in [-0.4, -0.2) is 21.5 Å². The molecule has 0 spiro atoms. The van der Waals surface area contributed by atoms with Crippen molar-refractivity contribution in [3.8, 4) is 0 Å². The maximum Gasteiger partial charge on any atom is 0.351 e. The van der Waals surface area contributed by atoms with Gasteiger partial charge in [0.05, 0.1) is 6.42 Å². The van der Waals surface area contributed by atoms with E-state index in [4.69, 9.17) is 9.79 Å². The lowest BCUT2D eigenvalue weighted by molar-refractivity contribution is -0.120. The molecule has 0 aromatic heterocycles. The second-order valence-electron chi connectivity index (χ2n) is 3.50. The standard InChI is InChI=1S/C11H14NO4P/c1-2-11(17(14,15)16)12-10(13)8-9-6-4-3-5-7-9/h2-7,11H,1,8H2,(H,12,13)(H2,14,15,16). The first kappa shape index (κ1) is 13.6. The predicted octanol–water partition coefficient (Wildman–Crippen LogP) is 1.04. The summed E-state index contributed by atoms with van der Waals surface area (Å²) in [6.07, 6.45) is 1.11. The van der Waals surface area contributed by atoms with Gasteiger partial charge in [0.2, 0.25) is 5.91 Å². The number of nitrogens with one attached hydrogen (secondary N) is 1. The highest BCUT2D eigenvalue weighted by molar-refractivity contribution is 7.52. The molecule has 0 heterocycles. The lowest BCUT2D eigenvalue weighted by Gasteiger charge is -2.15. The summed E-state index contributed by atoms with van der Waals surface area (Å²) in [5.74, 6) is -1.79. The Hall–Kier alpha value is -1.42. The fourth-order valence-electron chi connectivity index (χ4n) is 1.28. The molecule has 0 bridgehead atoms. The maximum absolute atomic E-state index is 11.5. The van der Waals surface area contributed by atoms with Crippen molar-refractivity contribution in [3.63, 3.8) is 0 Å². The SMILES string of the molecule is C=CC(NC(=O)Cc1ccccc1)P(=O)(O)O. The van der Waals surface area contributed by atoms with Gasteiger partial charge in [0.1, 0.15) is 5.78 Å². The van der Waals surface area contributed by atoms with Crippen molar-refractivity contribution in [2.45, 2.75) is 12.2 Å². The molecular formula is C11H14NO4P. The highest BCUT2D eigenvalue weighted by atomic mass is 31.2. The highest BCUT2D eigenvalue weighted by Gasteiger charge is 2.27. The van der Waals surface area contributed by atoms with E-state index in [1.807, 2.05) is 6.07 Å². The van der Waals surface area contributed by atoms with Gasteiger partial charge in [0.25, 0.3) is 0 Å². The fourth-order valence-corrected chi connectivity index (χ4v) is 1.86. The topological polar surface area (TPSA) is 86.6 Å². The third kappa shape index (κ3) is 4.53. The normalized spacial score (nSPS) is 12.8. The van der Waals surface area contributed by atoms with E-state index in [2.05, 4.69) is 11.9 Å². The van der Waals surface area contributed by atoms with Gasteiger partial charge >= 0.3 is 7.60 Å². The number of carbonyl (C=O) groups excluding carboxylic acids is 1. The van der Waals surface area contributed by atoms with Gasteiger partial charge in [0.15, 0.2) is 0 Å². The van der Waals surface area contributed by atoms with Gasteiger partial charge in [-0.2, -0.15) is 0 Å². The number of rotatable bonds is 5. The lowest BCUT2D eigenvalue weighted by Crippen LogP contribution is -2.34. The minimum Gasteiger partial charge on any atom is -0.339 e. The lowest BCUT2D eigenvalue weighted by atomic mass is 10.1. The second-order valence-corrected chi connectivity index (χ2v) is 5.23. The highest BCUT2D eigenvalue weighted by Crippen LogP contribution is 2.39. The van der Waals surface area contributed by atoms with Crippen molar-refractivity contribution < 1.29 is 19.1 Å². The minimum absolute atomic E-state index is 0.0746. The monoisotopic (exact) mass is 255 g/mol. The Morgan fingerprint density at radius 3 is 2.47 bits per heavy atom. The van der Waals surface area contributed by atoms with Crippen LogP contribution in [0.2, 0.25) is 0 Å². The molecule has 1 aromatic carbocycles. The molecule has 0 aliphatic heterocycles. The fraction of sp³-hybridized carbons (Fsp3) is 0.182. The van der Waals surface area contributed by atoms with Crippen LogP contribution >= 0.6 is 7.60 Å². The van der Waals surface area contributed by atoms with Gasteiger partial charge in [0, 0.05) is 0 Å². The van der Waals surface area contributed by atoms with Crippen LogP contribution in [0.3, 0.4) is 0 Å². The number of hydrogen-bond acceptors (Lipinski definition) is 2. The van der Waals surface area contributed by atoms with Crippen molar-refractivity contribution in [2.75, 3.05) is 0 Å². The summed E-state index contributed by atoms with van der Waals surface area (Å²) in [5.41, 5.74) is 0.776. The van der Waals surface area contributed by atoms with E-state index >= 15 is 0 Å². The Balaban J connectivity index is 2.61. The van der Waals surface area contributed by atoms with Crippen LogP contribution in [0.15, 0.2) is 43.0 Å². The molecule has 0 aliphatic rings. The molecule has 0 saturated heterocycles. The zero-order valence-electron chi connectivity index (χ0n) is 9.11. The third-order valence-electron chi connectivity index (χ3n) is 2.10. The van der Waals surface area contributed by atoms with Crippen LogP contribution in [-0.2, 0) is 15.8 Å². The summed E-state index contributed by atoms with van der Waals surface area (Å²) in [5, 5.41) is 2.24.